The van der Waals surface area contributed by atoms with Crippen molar-refractivity contribution in [2.24, 2.45) is 0 Å². The molecular formula is C42H59BrFN9O4Si2. The number of carbonyl (C=O) groups is 2. The second kappa shape index (κ2) is 18.2. The third-order valence-corrected chi connectivity index (χ3v) is 12.9. The van der Waals surface area contributed by atoms with Gasteiger partial charge in [0.05, 0.1) is 47.0 Å². The van der Waals surface area contributed by atoms with Crippen molar-refractivity contribution in [3.8, 4) is 11.4 Å². The van der Waals surface area contributed by atoms with Crippen molar-refractivity contribution < 1.29 is 23.5 Å². The van der Waals surface area contributed by atoms with E-state index in [2.05, 4.69) is 91.0 Å². The van der Waals surface area contributed by atoms with Crippen LogP contribution in [-0.4, -0.2) is 93.6 Å². The lowest BCUT2D eigenvalue weighted by Crippen LogP contribution is -2.40. The molecule has 5 aromatic rings. The summed E-state index contributed by atoms with van der Waals surface area (Å²) in [5.41, 5.74) is 4.43. The Morgan fingerprint density at radius 3 is 2.17 bits per heavy atom. The molecule has 59 heavy (non-hydrogen) atoms. The molecule has 1 atom stereocenters. The minimum atomic E-state index is -1.19. The van der Waals surface area contributed by atoms with E-state index < -0.39 is 21.7 Å². The van der Waals surface area contributed by atoms with E-state index in [1.54, 1.807) is 24.7 Å². The summed E-state index contributed by atoms with van der Waals surface area (Å²) in [5, 5.41) is 13.9. The van der Waals surface area contributed by atoms with Gasteiger partial charge in [0.1, 0.15) is 34.1 Å². The summed E-state index contributed by atoms with van der Waals surface area (Å²) >= 11 is 3.33. The van der Waals surface area contributed by atoms with E-state index in [1.807, 2.05) is 52.2 Å². The van der Waals surface area contributed by atoms with Crippen LogP contribution >= 0.6 is 15.9 Å². The van der Waals surface area contributed by atoms with Crippen LogP contribution in [0.25, 0.3) is 39.0 Å². The number of hydrogen-bond donors (Lipinski definition) is 3. The van der Waals surface area contributed by atoms with Gasteiger partial charge in [-0.05, 0) is 87.8 Å². The van der Waals surface area contributed by atoms with Crippen LogP contribution in [0.5, 0.6) is 0 Å². The number of nitrogens with one attached hydrogen (secondary N) is 3. The first-order valence-corrected chi connectivity index (χ1v) is 28.1. The first kappa shape index (κ1) is 45.9. The molecule has 0 fully saturated rings. The Labute approximate surface area is 356 Å². The molecule has 4 heterocycles. The molecule has 4 aromatic heterocycles. The third-order valence-electron chi connectivity index (χ3n) is 9.07. The SMILES string of the molecule is CC(C)(C)NC(=O)C1=CC(COCC[Si](C)(C)C)c2ncc(-c3n[nH]c4cc(F)ccc34)nc21.CC(C)(C)NC(=O)c1cn(COCC[Si](C)(C)C)c2ncc(Br)nc12. The lowest BCUT2D eigenvalue weighted by Gasteiger charge is -2.21. The van der Waals surface area contributed by atoms with E-state index in [-0.39, 0.29) is 29.1 Å². The third kappa shape index (κ3) is 12.9. The number of amides is 2. The quantitative estimate of drug-likeness (QED) is 0.0774. The summed E-state index contributed by atoms with van der Waals surface area (Å²) < 4.78 is 27.8. The number of rotatable bonds is 13. The van der Waals surface area contributed by atoms with Gasteiger partial charge in [0.15, 0.2) is 5.65 Å². The Morgan fingerprint density at radius 1 is 0.881 bits per heavy atom. The molecule has 1 unspecified atom stereocenters. The number of halogens is 2. The highest BCUT2D eigenvalue weighted by atomic mass is 79.9. The van der Waals surface area contributed by atoms with Crippen molar-refractivity contribution in [2.75, 3.05) is 19.8 Å². The summed E-state index contributed by atoms with van der Waals surface area (Å²) in [5.74, 6) is -0.850. The number of H-pyrrole nitrogens is 1. The van der Waals surface area contributed by atoms with Crippen LogP contribution in [0, 0.1) is 5.82 Å². The minimum absolute atomic E-state index is 0.149. The number of aromatic amines is 1. The van der Waals surface area contributed by atoms with Crippen LogP contribution in [0.4, 0.5) is 4.39 Å². The van der Waals surface area contributed by atoms with Crippen LogP contribution in [-0.2, 0) is 21.0 Å². The highest BCUT2D eigenvalue weighted by molar-refractivity contribution is 9.10. The molecule has 0 spiro atoms. The van der Waals surface area contributed by atoms with Crippen molar-refractivity contribution in [1.82, 2.24) is 45.3 Å². The second-order valence-corrected chi connectivity index (χ2v) is 31.5. The second-order valence-electron chi connectivity index (χ2n) is 19.5. The van der Waals surface area contributed by atoms with Crippen LogP contribution in [0.15, 0.2) is 47.5 Å². The molecule has 0 saturated carbocycles. The molecule has 0 radical (unpaired) electrons. The number of aromatic nitrogens is 7. The summed E-state index contributed by atoms with van der Waals surface area (Å²) in [6.07, 6.45) is 6.96. The zero-order chi connectivity index (χ0) is 43.5. The van der Waals surface area contributed by atoms with E-state index in [9.17, 15) is 14.0 Å². The predicted molar refractivity (Wildman–Crippen MR) is 241 cm³/mol. The molecule has 1 aromatic carbocycles. The summed E-state index contributed by atoms with van der Waals surface area (Å²) in [7, 11) is -2.32. The average Bonchev–Trinajstić information content (AvgIpc) is 3.79. The Bertz CT molecular complexity index is 2340. The molecule has 0 bridgehead atoms. The number of benzene rings is 1. The van der Waals surface area contributed by atoms with Gasteiger partial charge in [0.2, 0.25) is 0 Å². The topological polar surface area (TPSA) is 162 Å². The average molecular weight is 909 g/mol. The summed E-state index contributed by atoms with van der Waals surface area (Å²) in [6.45, 7) is 27.8. The Balaban J connectivity index is 0.000000236. The van der Waals surface area contributed by atoms with Crippen LogP contribution in [0.3, 0.4) is 0 Å². The van der Waals surface area contributed by atoms with Crippen molar-refractivity contribution in [3.63, 3.8) is 0 Å². The molecule has 318 valence electrons. The lowest BCUT2D eigenvalue weighted by molar-refractivity contribution is -0.116. The van der Waals surface area contributed by atoms with Crippen molar-refractivity contribution in [2.45, 2.75) is 117 Å². The van der Waals surface area contributed by atoms with E-state index in [0.717, 1.165) is 23.2 Å². The maximum Gasteiger partial charge on any atom is 0.255 e. The molecule has 2 amide bonds. The van der Waals surface area contributed by atoms with Gasteiger partial charge in [-0.25, -0.2) is 19.3 Å². The highest BCUT2D eigenvalue weighted by Gasteiger charge is 2.33. The normalized spacial score (nSPS) is 14.5. The van der Waals surface area contributed by atoms with Gasteiger partial charge in [-0.3, -0.25) is 19.7 Å². The Kier molecular flexibility index (Phi) is 14.2. The molecule has 1 aliphatic rings. The number of carbonyl (C=O) groups excluding carboxylic acids is 2. The monoisotopic (exact) mass is 907 g/mol. The fourth-order valence-electron chi connectivity index (χ4n) is 6.08. The lowest BCUT2D eigenvalue weighted by atomic mass is 10.1. The molecule has 0 saturated heterocycles. The molecule has 3 N–H and O–H groups in total. The van der Waals surface area contributed by atoms with Gasteiger partial charge < -0.3 is 24.7 Å². The standard InChI is InChI=1S/C25H32FN5O2Si.C17H27BrN4O2Si/c1-25(2,3)29-24(32)18-11-15(14-33-9-10-34(4,5)6)21-23(18)28-20(13-27-21)22-17-8-7-16(26)12-19(17)30-31-22;1-17(2,3)21-16(23)12-10-22(11-24-7-8-25(4,5)6)15-14(12)20-13(18)9-19-15/h7-8,11-13,15H,9-10,14H2,1-6H3,(H,29,32)(H,30,31);9-10H,7-8,11H2,1-6H3,(H,21,23). The molecule has 13 nitrogen and oxygen atoms in total. The van der Waals surface area contributed by atoms with Gasteiger partial charge >= 0.3 is 0 Å². The van der Waals surface area contributed by atoms with Crippen molar-refractivity contribution >= 4 is 71.5 Å². The molecule has 17 heteroatoms. The van der Waals surface area contributed by atoms with Crippen LogP contribution in [0.1, 0.15) is 69.2 Å². The number of nitrogens with zero attached hydrogens (tertiary/aromatic N) is 6. The zero-order valence-electron chi connectivity index (χ0n) is 36.4. The Hall–Kier alpha value is -4.17. The van der Waals surface area contributed by atoms with E-state index >= 15 is 0 Å². The van der Waals surface area contributed by atoms with Crippen LogP contribution < -0.4 is 10.6 Å². The molecule has 0 aliphatic heterocycles. The molecular weight excluding hydrogens is 850 g/mol. The number of hydrogen-bond acceptors (Lipinski definition) is 9. The van der Waals surface area contributed by atoms with Gasteiger partial charge in [-0.1, -0.05) is 45.4 Å². The largest absolute Gasteiger partial charge is 0.381 e. The summed E-state index contributed by atoms with van der Waals surface area (Å²) in [6, 6.07) is 6.61. The summed E-state index contributed by atoms with van der Waals surface area (Å²) in [4.78, 5) is 44.1. The number of ether oxygens (including phenoxy) is 2. The number of fused-ring (bicyclic) bond motifs is 3. The molecule has 6 rings (SSSR count). The van der Waals surface area contributed by atoms with Gasteiger partial charge in [-0.2, -0.15) is 5.10 Å². The predicted octanol–water partition coefficient (Wildman–Crippen LogP) is 8.94. The maximum absolute atomic E-state index is 13.6. The fourth-order valence-corrected chi connectivity index (χ4v) is 7.87. The minimum Gasteiger partial charge on any atom is -0.381 e. The Morgan fingerprint density at radius 2 is 1.53 bits per heavy atom. The zero-order valence-corrected chi connectivity index (χ0v) is 40.0. The molecule has 1 aliphatic carbocycles. The van der Waals surface area contributed by atoms with Crippen LogP contribution in [0.2, 0.25) is 51.4 Å². The first-order valence-electron chi connectivity index (χ1n) is 19.9. The van der Waals surface area contributed by atoms with Crippen molar-refractivity contribution in [3.05, 3.63) is 70.2 Å². The maximum atomic E-state index is 13.6. The van der Waals surface area contributed by atoms with E-state index in [4.69, 9.17) is 14.5 Å². The first-order chi connectivity index (χ1) is 27.4. The van der Waals surface area contributed by atoms with E-state index in [1.165, 1.54) is 12.1 Å². The highest BCUT2D eigenvalue weighted by Crippen LogP contribution is 2.36. The van der Waals surface area contributed by atoms with Gasteiger partial charge in [0.25, 0.3) is 11.8 Å². The van der Waals surface area contributed by atoms with Gasteiger partial charge in [0, 0.05) is 57.9 Å². The fraction of sp³-hybridized carbons (Fsp3) is 0.500. The van der Waals surface area contributed by atoms with E-state index in [0.29, 0.717) is 76.1 Å². The van der Waals surface area contributed by atoms with Crippen molar-refractivity contribution in [1.29, 1.82) is 0 Å². The smallest absolute Gasteiger partial charge is 0.255 e. The van der Waals surface area contributed by atoms with Gasteiger partial charge in [-0.15, -0.1) is 0 Å².